The molecule has 0 aliphatic rings. The minimum atomic E-state index is -0.191. The van der Waals surface area contributed by atoms with Crippen LogP contribution in [0.15, 0.2) is 24.4 Å². The number of aromatic nitrogens is 1. The molecule has 0 radical (unpaired) electrons. The Morgan fingerprint density at radius 3 is 2.94 bits per heavy atom. The number of carbonyl (C=O) groups is 1. The lowest BCUT2D eigenvalue weighted by Gasteiger charge is -1.99. The van der Waals surface area contributed by atoms with Crippen molar-refractivity contribution in [2.24, 2.45) is 7.05 Å². The maximum absolute atomic E-state index is 11.1. The lowest BCUT2D eigenvalue weighted by molar-refractivity contribution is -0.140. The molecule has 0 fully saturated rings. The van der Waals surface area contributed by atoms with E-state index in [0.29, 0.717) is 17.9 Å². The van der Waals surface area contributed by atoms with E-state index >= 15 is 0 Å². The highest BCUT2D eigenvalue weighted by atomic mass is 35.5. The molecule has 4 heteroatoms. The normalized spacial score (nSPS) is 10.8. The van der Waals surface area contributed by atoms with Crippen LogP contribution in [-0.4, -0.2) is 17.6 Å². The summed E-state index contributed by atoms with van der Waals surface area (Å²) in [5.74, 6) is -0.191. The van der Waals surface area contributed by atoms with Crippen LogP contribution in [0.1, 0.15) is 12.0 Å². The fourth-order valence-corrected chi connectivity index (χ4v) is 2.16. The average molecular weight is 252 g/mol. The molecule has 0 aliphatic carbocycles. The van der Waals surface area contributed by atoms with Gasteiger partial charge in [-0.15, -0.1) is 0 Å². The Balaban J connectivity index is 2.34. The summed E-state index contributed by atoms with van der Waals surface area (Å²) in [6.07, 6.45) is 3.09. The van der Waals surface area contributed by atoms with Crippen LogP contribution in [0.4, 0.5) is 0 Å². The third-order valence-corrected chi connectivity index (χ3v) is 3.10. The van der Waals surface area contributed by atoms with E-state index in [1.165, 1.54) is 7.11 Å². The molecular weight excluding hydrogens is 238 g/mol. The Bertz CT molecular complexity index is 560. The highest BCUT2D eigenvalue weighted by Gasteiger charge is 2.09. The topological polar surface area (TPSA) is 31.2 Å². The van der Waals surface area contributed by atoms with Crippen molar-refractivity contribution in [3.05, 3.63) is 35.0 Å². The summed E-state index contributed by atoms with van der Waals surface area (Å²) in [4.78, 5) is 11.1. The van der Waals surface area contributed by atoms with Gasteiger partial charge in [-0.05, 0) is 30.2 Å². The van der Waals surface area contributed by atoms with Crippen molar-refractivity contribution in [3.8, 4) is 0 Å². The van der Waals surface area contributed by atoms with Crippen LogP contribution >= 0.6 is 11.6 Å². The number of esters is 1. The van der Waals surface area contributed by atoms with Gasteiger partial charge in [0.05, 0.1) is 7.11 Å². The number of carbonyl (C=O) groups excluding carboxylic acids is 1. The summed E-state index contributed by atoms with van der Waals surface area (Å²) in [5, 5.41) is 1.81. The van der Waals surface area contributed by atoms with E-state index in [0.717, 1.165) is 16.5 Å². The number of methoxy groups -OCH3 is 1. The van der Waals surface area contributed by atoms with Gasteiger partial charge in [0.15, 0.2) is 0 Å². The molecule has 3 nitrogen and oxygen atoms in total. The van der Waals surface area contributed by atoms with Crippen LogP contribution in [0.2, 0.25) is 5.02 Å². The number of benzene rings is 1. The van der Waals surface area contributed by atoms with Gasteiger partial charge in [0.2, 0.25) is 0 Å². The highest BCUT2D eigenvalue weighted by Crippen LogP contribution is 2.25. The second-order valence-corrected chi connectivity index (χ2v) is 4.44. The minimum absolute atomic E-state index is 0.191. The van der Waals surface area contributed by atoms with Gasteiger partial charge in [0.1, 0.15) is 0 Å². The Hall–Kier alpha value is -1.48. The number of hydrogen-bond donors (Lipinski definition) is 0. The standard InChI is InChI=1S/C13H14ClNO2/c1-15-8-9(3-6-13(16)17-2)11-7-10(14)4-5-12(11)15/h4-5,7-8H,3,6H2,1-2H3. The number of fused-ring (bicyclic) bond motifs is 1. The summed E-state index contributed by atoms with van der Waals surface area (Å²) in [6.45, 7) is 0. The molecule has 0 unspecified atom stereocenters. The number of ether oxygens (including phenoxy) is 1. The highest BCUT2D eigenvalue weighted by molar-refractivity contribution is 6.31. The predicted octanol–water partition coefficient (Wildman–Crippen LogP) is 2.94. The Morgan fingerprint density at radius 2 is 2.24 bits per heavy atom. The molecule has 90 valence electrons. The summed E-state index contributed by atoms with van der Waals surface area (Å²) >= 11 is 5.99. The summed E-state index contributed by atoms with van der Waals surface area (Å²) in [6, 6.07) is 5.79. The minimum Gasteiger partial charge on any atom is -0.469 e. The first-order chi connectivity index (χ1) is 8.11. The molecule has 2 aromatic rings. The van der Waals surface area contributed by atoms with Gasteiger partial charge in [0.25, 0.3) is 0 Å². The molecular formula is C13H14ClNO2. The number of rotatable bonds is 3. The summed E-state index contributed by atoms with van der Waals surface area (Å²) in [5.41, 5.74) is 2.24. The Kier molecular flexibility index (Phi) is 3.38. The van der Waals surface area contributed by atoms with Gasteiger partial charge in [0, 0.05) is 35.6 Å². The smallest absolute Gasteiger partial charge is 0.305 e. The number of hydrogen-bond acceptors (Lipinski definition) is 2. The number of aryl methyl sites for hydroxylation is 2. The van der Waals surface area contributed by atoms with Crippen LogP contribution in [-0.2, 0) is 23.0 Å². The van der Waals surface area contributed by atoms with Crippen molar-refractivity contribution < 1.29 is 9.53 Å². The van der Waals surface area contributed by atoms with Crippen LogP contribution in [0.25, 0.3) is 10.9 Å². The quantitative estimate of drug-likeness (QED) is 0.786. The largest absolute Gasteiger partial charge is 0.469 e. The molecule has 0 aliphatic heterocycles. The summed E-state index contributed by atoms with van der Waals surface area (Å²) < 4.78 is 6.68. The molecule has 0 atom stereocenters. The van der Waals surface area contributed by atoms with Gasteiger partial charge in [-0.1, -0.05) is 11.6 Å². The molecule has 1 aromatic carbocycles. The van der Waals surface area contributed by atoms with Crippen LogP contribution in [0, 0.1) is 0 Å². The molecule has 0 saturated heterocycles. The van der Waals surface area contributed by atoms with Crippen LogP contribution in [0.5, 0.6) is 0 Å². The van der Waals surface area contributed by atoms with E-state index < -0.39 is 0 Å². The molecule has 0 saturated carbocycles. The van der Waals surface area contributed by atoms with Gasteiger partial charge >= 0.3 is 5.97 Å². The second-order valence-electron chi connectivity index (χ2n) is 4.00. The fourth-order valence-electron chi connectivity index (χ4n) is 1.98. The molecule has 2 rings (SSSR count). The second kappa shape index (κ2) is 4.80. The predicted molar refractivity (Wildman–Crippen MR) is 68.3 cm³/mol. The zero-order valence-electron chi connectivity index (χ0n) is 9.87. The Morgan fingerprint density at radius 1 is 1.47 bits per heavy atom. The van der Waals surface area contributed by atoms with Gasteiger partial charge in [-0.2, -0.15) is 0 Å². The first-order valence-electron chi connectivity index (χ1n) is 5.42. The van der Waals surface area contributed by atoms with E-state index in [-0.39, 0.29) is 5.97 Å². The zero-order valence-corrected chi connectivity index (χ0v) is 10.6. The number of nitrogens with zero attached hydrogens (tertiary/aromatic N) is 1. The maximum atomic E-state index is 11.1. The van der Waals surface area contributed by atoms with E-state index in [2.05, 4.69) is 4.74 Å². The van der Waals surface area contributed by atoms with E-state index in [9.17, 15) is 4.79 Å². The monoisotopic (exact) mass is 251 g/mol. The Labute approximate surface area is 105 Å². The molecule has 17 heavy (non-hydrogen) atoms. The fraction of sp³-hybridized carbons (Fsp3) is 0.308. The van der Waals surface area contributed by atoms with Crippen LogP contribution in [0.3, 0.4) is 0 Å². The summed E-state index contributed by atoms with van der Waals surface area (Å²) in [7, 11) is 3.39. The molecule has 0 N–H and O–H groups in total. The van der Waals surface area contributed by atoms with E-state index in [1.54, 1.807) is 0 Å². The maximum Gasteiger partial charge on any atom is 0.305 e. The molecule has 1 heterocycles. The van der Waals surface area contributed by atoms with Gasteiger partial charge in [-0.3, -0.25) is 4.79 Å². The van der Waals surface area contributed by atoms with E-state index in [1.807, 2.05) is 36.0 Å². The first-order valence-corrected chi connectivity index (χ1v) is 5.80. The average Bonchev–Trinajstić information content (AvgIpc) is 2.62. The van der Waals surface area contributed by atoms with Crippen molar-refractivity contribution in [1.82, 2.24) is 4.57 Å². The lowest BCUT2D eigenvalue weighted by Crippen LogP contribution is -2.01. The van der Waals surface area contributed by atoms with Crippen molar-refractivity contribution in [1.29, 1.82) is 0 Å². The zero-order chi connectivity index (χ0) is 12.4. The van der Waals surface area contributed by atoms with Crippen molar-refractivity contribution >= 4 is 28.5 Å². The first kappa shape index (κ1) is 12.0. The van der Waals surface area contributed by atoms with Crippen molar-refractivity contribution in [2.75, 3.05) is 7.11 Å². The SMILES string of the molecule is COC(=O)CCc1cn(C)c2ccc(Cl)cc12. The lowest BCUT2D eigenvalue weighted by atomic mass is 10.1. The van der Waals surface area contributed by atoms with Crippen molar-refractivity contribution in [3.63, 3.8) is 0 Å². The van der Waals surface area contributed by atoms with Crippen molar-refractivity contribution in [2.45, 2.75) is 12.8 Å². The van der Waals surface area contributed by atoms with Gasteiger partial charge in [-0.25, -0.2) is 0 Å². The molecule has 1 aromatic heterocycles. The third-order valence-electron chi connectivity index (χ3n) is 2.86. The molecule has 0 amide bonds. The van der Waals surface area contributed by atoms with Crippen LogP contribution < -0.4 is 0 Å². The van der Waals surface area contributed by atoms with Gasteiger partial charge < -0.3 is 9.30 Å². The third kappa shape index (κ3) is 2.44. The molecule has 0 spiro atoms. The molecule has 0 bridgehead atoms. The van der Waals surface area contributed by atoms with E-state index in [4.69, 9.17) is 11.6 Å². The number of halogens is 1.